The van der Waals surface area contributed by atoms with E-state index in [9.17, 15) is 0 Å². The number of hydrogen-bond donors (Lipinski definition) is 1. The topological polar surface area (TPSA) is 15.3 Å². The molecule has 19 heavy (non-hydrogen) atoms. The van der Waals surface area contributed by atoms with Gasteiger partial charge in [-0.1, -0.05) is 39.5 Å². The summed E-state index contributed by atoms with van der Waals surface area (Å²) in [5, 5.41) is 3.96. The number of hydrogen-bond acceptors (Lipinski definition) is 2. The van der Waals surface area contributed by atoms with Crippen molar-refractivity contribution in [3.8, 4) is 0 Å². The maximum atomic E-state index is 3.96. The van der Waals surface area contributed by atoms with Crippen LogP contribution >= 0.6 is 0 Å². The van der Waals surface area contributed by atoms with E-state index in [0.717, 1.165) is 17.9 Å². The lowest BCUT2D eigenvalue weighted by Gasteiger charge is -2.47. The molecule has 1 spiro atoms. The quantitative estimate of drug-likeness (QED) is 0.818. The largest absolute Gasteiger partial charge is 0.308 e. The average Bonchev–Trinajstić information content (AvgIpc) is 3.18. The van der Waals surface area contributed by atoms with Gasteiger partial charge < -0.3 is 5.32 Å². The molecule has 1 aliphatic heterocycles. The summed E-state index contributed by atoms with van der Waals surface area (Å²) in [4.78, 5) is 2.90. The van der Waals surface area contributed by atoms with Gasteiger partial charge in [-0.3, -0.25) is 4.90 Å². The summed E-state index contributed by atoms with van der Waals surface area (Å²) in [6, 6.07) is 0.854. The second-order valence-electron chi connectivity index (χ2n) is 7.39. The molecule has 1 heterocycles. The minimum atomic E-state index is 0.497. The zero-order valence-electron chi connectivity index (χ0n) is 13.0. The van der Waals surface area contributed by atoms with Crippen LogP contribution in [0.5, 0.6) is 0 Å². The van der Waals surface area contributed by atoms with Crippen molar-refractivity contribution < 1.29 is 0 Å². The summed E-state index contributed by atoms with van der Waals surface area (Å²) < 4.78 is 0. The second-order valence-corrected chi connectivity index (χ2v) is 7.39. The molecule has 1 saturated heterocycles. The van der Waals surface area contributed by atoms with Gasteiger partial charge in [0, 0.05) is 31.2 Å². The van der Waals surface area contributed by atoms with E-state index in [-0.39, 0.29) is 0 Å². The van der Waals surface area contributed by atoms with E-state index < -0.39 is 0 Å². The number of nitrogens with one attached hydrogen (secondary N) is 1. The number of nitrogens with zero attached hydrogens (tertiary/aromatic N) is 1. The van der Waals surface area contributed by atoms with Crippen molar-refractivity contribution in [3.05, 3.63) is 0 Å². The molecule has 2 heteroatoms. The fourth-order valence-electron chi connectivity index (χ4n) is 4.42. The van der Waals surface area contributed by atoms with Crippen LogP contribution in [0.2, 0.25) is 0 Å². The maximum absolute atomic E-state index is 3.96. The first-order chi connectivity index (χ1) is 9.26. The van der Waals surface area contributed by atoms with Crippen LogP contribution in [0, 0.1) is 11.8 Å². The van der Waals surface area contributed by atoms with Gasteiger partial charge >= 0.3 is 0 Å². The lowest BCUT2D eigenvalue weighted by Crippen LogP contribution is -2.64. The highest BCUT2D eigenvalue weighted by Crippen LogP contribution is 2.40. The fraction of sp³-hybridized carbons (Fsp3) is 1.00. The first-order valence-electron chi connectivity index (χ1n) is 8.75. The minimum absolute atomic E-state index is 0.497. The normalized spacial score (nSPS) is 31.4. The molecule has 3 rings (SSSR count). The SMILES string of the molecule is CCC(CC)CN1CC2(CCCC2)NCC1C1CC1. The number of piperazine rings is 1. The molecule has 3 aliphatic rings. The molecule has 2 aliphatic carbocycles. The molecule has 0 radical (unpaired) electrons. The molecule has 2 saturated carbocycles. The van der Waals surface area contributed by atoms with Crippen LogP contribution < -0.4 is 5.32 Å². The summed E-state index contributed by atoms with van der Waals surface area (Å²) >= 11 is 0. The van der Waals surface area contributed by atoms with E-state index >= 15 is 0 Å². The van der Waals surface area contributed by atoms with E-state index in [1.165, 1.54) is 71.0 Å². The van der Waals surface area contributed by atoms with Gasteiger partial charge in [-0.25, -0.2) is 0 Å². The van der Waals surface area contributed by atoms with Crippen molar-refractivity contribution in [2.75, 3.05) is 19.6 Å². The zero-order chi connectivity index (χ0) is 13.3. The van der Waals surface area contributed by atoms with Crippen molar-refractivity contribution >= 4 is 0 Å². The summed E-state index contributed by atoms with van der Waals surface area (Å²) in [5.41, 5.74) is 0.497. The highest BCUT2D eigenvalue weighted by Gasteiger charge is 2.45. The molecule has 110 valence electrons. The van der Waals surface area contributed by atoms with Crippen molar-refractivity contribution in [2.45, 2.75) is 76.8 Å². The molecule has 3 fully saturated rings. The molecule has 0 amide bonds. The molecule has 0 bridgehead atoms. The van der Waals surface area contributed by atoms with Crippen LogP contribution in [0.1, 0.15) is 65.2 Å². The molecule has 1 N–H and O–H groups in total. The monoisotopic (exact) mass is 264 g/mol. The Bertz CT molecular complexity index is 288. The van der Waals surface area contributed by atoms with Gasteiger partial charge in [0.25, 0.3) is 0 Å². The minimum Gasteiger partial charge on any atom is -0.308 e. The Hall–Kier alpha value is -0.0800. The zero-order valence-corrected chi connectivity index (χ0v) is 13.0. The summed E-state index contributed by atoms with van der Waals surface area (Å²) in [6.07, 6.45) is 11.4. The summed E-state index contributed by atoms with van der Waals surface area (Å²) in [6.45, 7) is 8.70. The van der Waals surface area contributed by atoms with E-state index in [4.69, 9.17) is 0 Å². The smallest absolute Gasteiger partial charge is 0.0309 e. The summed E-state index contributed by atoms with van der Waals surface area (Å²) in [7, 11) is 0. The van der Waals surface area contributed by atoms with E-state index in [1.807, 2.05) is 0 Å². The first-order valence-corrected chi connectivity index (χ1v) is 8.75. The highest BCUT2D eigenvalue weighted by molar-refractivity contribution is 5.04. The van der Waals surface area contributed by atoms with Gasteiger partial charge in [-0.05, 0) is 37.5 Å². The van der Waals surface area contributed by atoms with Crippen LogP contribution in [-0.2, 0) is 0 Å². The maximum Gasteiger partial charge on any atom is 0.0309 e. The average molecular weight is 264 g/mol. The van der Waals surface area contributed by atoms with Gasteiger partial charge in [-0.2, -0.15) is 0 Å². The third-order valence-electron chi connectivity index (χ3n) is 6.04. The molecule has 0 aromatic carbocycles. The third-order valence-corrected chi connectivity index (χ3v) is 6.04. The van der Waals surface area contributed by atoms with Gasteiger partial charge in [0.15, 0.2) is 0 Å². The fourth-order valence-corrected chi connectivity index (χ4v) is 4.42. The third kappa shape index (κ3) is 3.00. The van der Waals surface area contributed by atoms with Gasteiger partial charge in [0.2, 0.25) is 0 Å². The number of rotatable bonds is 5. The van der Waals surface area contributed by atoms with Gasteiger partial charge in [0.05, 0.1) is 0 Å². The Morgan fingerprint density at radius 2 is 1.84 bits per heavy atom. The van der Waals surface area contributed by atoms with Crippen molar-refractivity contribution in [1.29, 1.82) is 0 Å². The summed E-state index contributed by atoms with van der Waals surface area (Å²) in [5.74, 6) is 1.93. The highest BCUT2D eigenvalue weighted by atomic mass is 15.3. The Morgan fingerprint density at radius 1 is 1.16 bits per heavy atom. The lowest BCUT2D eigenvalue weighted by molar-refractivity contribution is 0.0542. The predicted octanol–water partition coefficient (Wildman–Crippen LogP) is 3.42. The molecule has 2 nitrogen and oxygen atoms in total. The standard InChI is InChI=1S/C17H32N2/c1-3-14(4-2)12-19-13-17(9-5-6-10-17)18-11-16(19)15-7-8-15/h14-16,18H,3-13H2,1-2H3. The van der Waals surface area contributed by atoms with Crippen molar-refractivity contribution in [1.82, 2.24) is 10.2 Å². The van der Waals surface area contributed by atoms with E-state index in [1.54, 1.807) is 0 Å². The molecule has 1 atom stereocenters. The Kier molecular flexibility index (Phi) is 4.19. The van der Waals surface area contributed by atoms with Crippen LogP contribution in [0.4, 0.5) is 0 Å². The molecule has 0 aromatic heterocycles. The molecule has 0 aromatic rings. The van der Waals surface area contributed by atoms with Crippen LogP contribution in [0.3, 0.4) is 0 Å². The van der Waals surface area contributed by atoms with Crippen LogP contribution in [0.15, 0.2) is 0 Å². The Morgan fingerprint density at radius 3 is 2.42 bits per heavy atom. The second kappa shape index (κ2) is 5.73. The molecule has 1 unspecified atom stereocenters. The van der Waals surface area contributed by atoms with Crippen molar-refractivity contribution in [2.24, 2.45) is 11.8 Å². The molecular formula is C17H32N2. The van der Waals surface area contributed by atoms with Crippen LogP contribution in [0.25, 0.3) is 0 Å². The van der Waals surface area contributed by atoms with E-state index in [2.05, 4.69) is 24.1 Å². The van der Waals surface area contributed by atoms with Crippen molar-refractivity contribution in [3.63, 3.8) is 0 Å². The predicted molar refractivity (Wildman–Crippen MR) is 81.4 cm³/mol. The first kappa shape index (κ1) is 13.9. The lowest BCUT2D eigenvalue weighted by atomic mass is 9.89. The van der Waals surface area contributed by atoms with E-state index in [0.29, 0.717) is 5.54 Å². The van der Waals surface area contributed by atoms with Gasteiger partial charge in [0.1, 0.15) is 0 Å². The molecular weight excluding hydrogens is 232 g/mol. The Labute approximate surface area is 119 Å². The Balaban J connectivity index is 1.67. The van der Waals surface area contributed by atoms with Crippen LogP contribution in [-0.4, -0.2) is 36.1 Å². The van der Waals surface area contributed by atoms with Gasteiger partial charge in [-0.15, -0.1) is 0 Å².